The molecular weight excluding hydrogens is 292 g/mol. The van der Waals surface area contributed by atoms with Crippen LogP contribution in [0.5, 0.6) is 5.75 Å². The highest BCUT2D eigenvalue weighted by molar-refractivity contribution is 5.76. The summed E-state index contributed by atoms with van der Waals surface area (Å²) in [5, 5.41) is 2.82. The molecule has 0 aliphatic carbocycles. The van der Waals surface area contributed by atoms with E-state index in [1.807, 2.05) is 6.07 Å². The maximum atomic E-state index is 12.2. The van der Waals surface area contributed by atoms with Crippen molar-refractivity contribution in [2.45, 2.75) is 32.4 Å². The Morgan fingerprint density at radius 3 is 2.82 bits per heavy atom. The minimum absolute atomic E-state index is 0.0733. The lowest BCUT2D eigenvalue weighted by Gasteiger charge is -2.15. The van der Waals surface area contributed by atoms with Crippen LogP contribution in [-0.2, 0) is 11.2 Å². The van der Waals surface area contributed by atoms with Crippen LogP contribution in [0.15, 0.2) is 47.1 Å². The van der Waals surface area contributed by atoms with E-state index in [1.54, 1.807) is 31.4 Å². The summed E-state index contributed by atoms with van der Waals surface area (Å²) in [7, 11) is 0. The number of nitrogens with one attached hydrogen (secondary N) is 1. The number of carbonyl (C=O) groups excluding carboxylic acids is 1. The van der Waals surface area contributed by atoms with Crippen molar-refractivity contribution < 1.29 is 22.7 Å². The summed E-state index contributed by atoms with van der Waals surface area (Å²) in [5.41, 5.74) is 0.699. The molecule has 1 aromatic carbocycles. The maximum Gasteiger partial charge on any atom is 0.387 e. The molecule has 0 spiro atoms. The van der Waals surface area contributed by atoms with Crippen molar-refractivity contribution in [3.63, 3.8) is 0 Å². The third-order valence-electron chi connectivity index (χ3n) is 3.14. The average molecular weight is 309 g/mol. The second-order valence-corrected chi connectivity index (χ2v) is 4.82. The Hall–Kier alpha value is -2.37. The van der Waals surface area contributed by atoms with E-state index in [0.29, 0.717) is 18.4 Å². The summed E-state index contributed by atoms with van der Waals surface area (Å²) < 4.78 is 33.9. The third-order valence-corrected chi connectivity index (χ3v) is 3.14. The number of benzene rings is 1. The first kappa shape index (κ1) is 16.0. The van der Waals surface area contributed by atoms with Gasteiger partial charge in [0, 0.05) is 12.8 Å². The third kappa shape index (κ3) is 4.87. The number of carbonyl (C=O) groups is 1. The number of hydrogen-bond donors (Lipinski definition) is 1. The van der Waals surface area contributed by atoms with Crippen LogP contribution in [0, 0.1) is 0 Å². The highest BCUT2D eigenvalue weighted by atomic mass is 19.3. The molecular formula is C16H17F2NO3. The van der Waals surface area contributed by atoms with Crippen LogP contribution >= 0.6 is 0 Å². The van der Waals surface area contributed by atoms with Gasteiger partial charge in [0.25, 0.3) is 0 Å². The van der Waals surface area contributed by atoms with Gasteiger partial charge in [0.15, 0.2) is 0 Å². The fourth-order valence-corrected chi connectivity index (χ4v) is 2.05. The van der Waals surface area contributed by atoms with Gasteiger partial charge >= 0.3 is 6.61 Å². The first-order valence-corrected chi connectivity index (χ1v) is 6.91. The van der Waals surface area contributed by atoms with E-state index in [-0.39, 0.29) is 17.7 Å². The molecule has 0 saturated carbocycles. The summed E-state index contributed by atoms with van der Waals surface area (Å²) in [4.78, 5) is 11.9. The molecule has 0 aliphatic rings. The molecule has 1 aromatic heterocycles. The summed E-state index contributed by atoms with van der Waals surface area (Å²) in [6.45, 7) is -1.08. The number of rotatable bonds is 7. The standard InChI is InChI=1S/C16H17F2NO3/c1-11(12-4-2-5-14(10-12)22-16(17)18)19-15(20)8-7-13-6-3-9-21-13/h2-6,9-11,16H,7-8H2,1H3,(H,19,20). The lowest BCUT2D eigenvalue weighted by molar-refractivity contribution is -0.121. The normalized spacial score (nSPS) is 12.2. The number of ether oxygens (including phenoxy) is 1. The van der Waals surface area contributed by atoms with Gasteiger partial charge in [0.1, 0.15) is 11.5 Å². The minimum atomic E-state index is -2.87. The molecule has 6 heteroatoms. The predicted octanol–water partition coefficient (Wildman–Crippen LogP) is 3.69. The number of aryl methyl sites for hydroxylation is 1. The SMILES string of the molecule is CC(NC(=O)CCc1ccco1)c1cccc(OC(F)F)c1. The van der Waals surface area contributed by atoms with Crippen LogP contribution in [0.1, 0.15) is 30.7 Å². The van der Waals surface area contributed by atoms with Crippen LogP contribution in [0.4, 0.5) is 8.78 Å². The van der Waals surface area contributed by atoms with E-state index < -0.39 is 6.61 Å². The molecule has 22 heavy (non-hydrogen) atoms. The Labute approximate surface area is 127 Å². The van der Waals surface area contributed by atoms with Crippen LogP contribution in [0.2, 0.25) is 0 Å². The van der Waals surface area contributed by atoms with Gasteiger partial charge in [-0.3, -0.25) is 4.79 Å². The van der Waals surface area contributed by atoms with Gasteiger partial charge in [-0.05, 0) is 36.8 Å². The summed E-state index contributed by atoms with van der Waals surface area (Å²) in [6.07, 6.45) is 2.37. The van der Waals surface area contributed by atoms with E-state index in [0.717, 1.165) is 5.76 Å². The van der Waals surface area contributed by atoms with Gasteiger partial charge in [-0.25, -0.2) is 0 Å². The monoisotopic (exact) mass is 309 g/mol. The van der Waals surface area contributed by atoms with Gasteiger partial charge in [-0.1, -0.05) is 12.1 Å². The molecule has 0 radical (unpaired) electrons. The van der Waals surface area contributed by atoms with E-state index >= 15 is 0 Å². The molecule has 0 aliphatic heterocycles. The molecule has 2 rings (SSSR count). The fraction of sp³-hybridized carbons (Fsp3) is 0.312. The lowest BCUT2D eigenvalue weighted by atomic mass is 10.1. The maximum absolute atomic E-state index is 12.2. The summed E-state index contributed by atoms with van der Waals surface area (Å²) in [5.74, 6) is 0.684. The smallest absolute Gasteiger partial charge is 0.387 e. The molecule has 118 valence electrons. The average Bonchev–Trinajstić information content (AvgIpc) is 2.98. The molecule has 1 heterocycles. The molecule has 1 amide bonds. The van der Waals surface area contributed by atoms with E-state index in [1.165, 1.54) is 12.1 Å². The zero-order valence-corrected chi connectivity index (χ0v) is 12.1. The van der Waals surface area contributed by atoms with Gasteiger partial charge < -0.3 is 14.5 Å². The number of halogens is 2. The highest BCUT2D eigenvalue weighted by Gasteiger charge is 2.12. The van der Waals surface area contributed by atoms with Crippen LogP contribution in [0.25, 0.3) is 0 Å². The van der Waals surface area contributed by atoms with Crippen molar-refractivity contribution in [3.8, 4) is 5.75 Å². The van der Waals surface area contributed by atoms with Crippen molar-refractivity contribution in [2.24, 2.45) is 0 Å². The number of alkyl halides is 2. The Bertz CT molecular complexity index is 599. The lowest BCUT2D eigenvalue weighted by Crippen LogP contribution is -2.26. The Morgan fingerprint density at radius 1 is 1.32 bits per heavy atom. The van der Waals surface area contributed by atoms with Crippen molar-refractivity contribution in [1.29, 1.82) is 0 Å². The fourth-order valence-electron chi connectivity index (χ4n) is 2.05. The first-order valence-electron chi connectivity index (χ1n) is 6.91. The molecule has 1 atom stereocenters. The molecule has 4 nitrogen and oxygen atoms in total. The van der Waals surface area contributed by atoms with Crippen molar-refractivity contribution >= 4 is 5.91 Å². The largest absolute Gasteiger partial charge is 0.469 e. The van der Waals surface area contributed by atoms with Crippen molar-refractivity contribution in [3.05, 3.63) is 54.0 Å². The van der Waals surface area contributed by atoms with Crippen LogP contribution in [0.3, 0.4) is 0 Å². The van der Waals surface area contributed by atoms with E-state index in [9.17, 15) is 13.6 Å². The van der Waals surface area contributed by atoms with Crippen LogP contribution < -0.4 is 10.1 Å². The number of furan rings is 1. The molecule has 2 aromatic rings. The van der Waals surface area contributed by atoms with E-state index in [4.69, 9.17) is 4.42 Å². The number of hydrogen-bond acceptors (Lipinski definition) is 3. The van der Waals surface area contributed by atoms with Crippen molar-refractivity contribution in [1.82, 2.24) is 5.32 Å². The summed E-state index contributed by atoms with van der Waals surface area (Å²) >= 11 is 0. The molecule has 1 N–H and O–H groups in total. The van der Waals surface area contributed by atoms with Crippen LogP contribution in [-0.4, -0.2) is 12.5 Å². The Kier molecular flexibility index (Phi) is 5.52. The second kappa shape index (κ2) is 7.59. The van der Waals surface area contributed by atoms with Gasteiger partial charge in [0.05, 0.1) is 12.3 Å². The number of amides is 1. The minimum Gasteiger partial charge on any atom is -0.469 e. The Balaban J connectivity index is 1.88. The predicted molar refractivity (Wildman–Crippen MR) is 76.7 cm³/mol. The summed E-state index contributed by atoms with van der Waals surface area (Å²) in [6, 6.07) is 9.57. The molecule has 0 fully saturated rings. The quantitative estimate of drug-likeness (QED) is 0.848. The highest BCUT2D eigenvalue weighted by Crippen LogP contribution is 2.20. The van der Waals surface area contributed by atoms with Gasteiger partial charge in [0.2, 0.25) is 5.91 Å². The topological polar surface area (TPSA) is 51.5 Å². The zero-order valence-electron chi connectivity index (χ0n) is 12.1. The van der Waals surface area contributed by atoms with Gasteiger partial charge in [-0.15, -0.1) is 0 Å². The van der Waals surface area contributed by atoms with Crippen molar-refractivity contribution in [2.75, 3.05) is 0 Å². The van der Waals surface area contributed by atoms with E-state index in [2.05, 4.69) is 10.1 Å². The molecule has 0 saturated heterocycles. The zero-order chi connectivity index (χ0) is 15.9. The van der Waals surface area contributed by atoms with Gasteiger partial charge in [-0.2, -0.15) is 8.78 Å². The molecule has 0 bridgehead atoms. The second-order valence-electron chi connectivity index (χ2n) is 4.82. The Morgan fingerprint density at radius 2 is 2.14 bits per heavy atom. The molecule has 1 unspecified atom stereocenters. The first-order chi connectivity index (χ1) is 10.5.